The van der Waals surface area contributed by atoms with Gasteiger partial charge in [0.25, 0.3) is 5.92 Å². The van der Waals surface area contributed by atoms with Gasteiger partial charge in [0, 0.05) is 43.9 Å². The lowest BCUT2D eigenvalue weighted by Crippen LogP contribution is -2.51. The number of carbonyl (C=O) groups excluding carboxylic acids is 2. The third-order valence-electron chi connectivity index (χ3n) is 6.48. The summed E-state index contributed by atoms with van der Waals surface area (Å²) >= 11 is 0. The fourth-order valence-electron chi connectivity index (χ4n) is 4.42. The van der Waals surface area contributed by atoms with Crippen LogP contribution in [0, 0.1) is 0 Å². The molecule has 2 fully saturated rings. The zero-order valence-corrected chi connectivity index (χ0v) is 20.8. The number of anilines is 2. The third kappa shape index (κ3) is 6.23. The van der Waals surface area contributed by atoms with Crippen molar-refractivity contribution in [3.05, 3.63) is 54.1 Å². The molecule has 0 aliphatic carbocycles. The number of urea groups is 1. The number of benzene rings is 2. The Bertz CT molecular complexity index is 1270. The molecule has 0 radical (unpaired) electrons. The summed E-state index contributed by atoms with van der Waals surface area (Å²) < 4.78 is 92.6. The second-order valence-electron chi connectivity index (χ2n) is 9.13. The molecule has 2 aliphatic heterocycles. The van der Waals surface area contributed by atoms with Gasteiger partial charge in [0.05, 0.1) is 10.5 Å². The first-order valence-electron chi connectivity index (χ1n) is 11.8. The van der Waals surface area contributed by atoms with Crippen LogP contribution in [0.1, 0.15) is 31.2 Å². The van der Waals surface area contributed by atoms with Crippen molar-refractivity contribution in [2.24, 2.45) is 0 Å². The minimum absolute atomic E-state index is 0.109. The Balaban J connectivity index is 1.38. The maximum atomic E-state index is 13.5. The number of nitrogens with one attached hydrogen (secondary N) is 2. The molecule has 2 heterocycles. The maximum Gasteiger partial charge on any atom is 0.416 e. The molecule has 0 bridgehead atoms. The molecule has 3 amide bonds. The minimum atomic E-state index is -4.50. The fourth-order valence-corrected chi connectivity index (χ4v) is 6.07. The van der Waals surface area contributed by atoms with Crippen LogP contribution in [0.25, 0.3) is 0 Å². The van der Waals surface area contributed by atoms with E-state index in [9.17, 15) is 40.0 Å². The molecule has 2 aromatic carbocycles. The highest BCUT2D eigenvalue weighted by Gasteiger charge is 2.43. The number of alkyl halides is 5. The number of hydrogen-bond acceptors (Lipinski definition) is 4. The molecule has 8 nitrogen and oxygen atoms in total. The van der Waals surface area contributed by atoms with Crippen molar-refractivity contribution in [2.75, 3.05) is 30.3 Å². The average Bonchev–Trinajstić information content (AvgIpc) is 3.35. The summed E-state index contributed by atoms with van der Waals surface area (Å²) in [5, 5.41) is 4.84. The topological polar surface area (TPSA) is 98.8 Å². The summed E-state index contributed by atoms with van der Waals surface area (Å²) in [6.45, 7) is -0.158. The molecule has 38 heavy (non-hydrogen) atoms. The van der Waals surface area contributed by atoms with E-state index in [0.717, 1.165) is 28.6 Å². The predicted octanol–water partition coefficient (Wildman–Crippen LogP) is 4.76. The van der Waals surface area contributed by atoms with Crippen LogP contribution in [0.4, 0.5) is 38.1 Å². The molecule has 0 aromatic heterocycles. The molecular formula is C24H25F5N4O4S. The van der Waals surface area contributed by atoms with E-state index < -0.39 is 58.5 Å². The Morgan fingerprint density at radius 1 is 0.868 bits per heavy atom. The fraction of sp³-hybridized carbons (Fsp3) is 0.417. The highest BCUT2D eigenvalue weighted by molar-refractivity contribution is 7.89. The number of likely N-dealkylation sites (tertiary alicyclic amines) is 1. The van der Waals surface area contributed by atoms with Crippen LogP contribution in [-0.4, -0.2) is 61.2 Å². The molecule has 2 aromatic rings. The lowest BCUT2D eigenvalue weighted by molar-refractivity contribution is -0.140. The van der Waals surface area contributed by atoms with Crippen molar-refractivity contribution in [1.29, 1.82) is 0 Å². The van der Waals surface area contributed by atoms with Gasteiger partial charge in [-0.2, -0.15) is 17.5 Å². The Morgan fingerprint density at radius 3 is 1.92 bits per heavy atom. The van der Waals surface area contributed by atoms with Crippen LogP contribution >= 0.6 is 0 Å². The number of carbonyl (C=O) groups is 2. The van der Waals surface area contributed by atoms with E-state index in [4.69, 9.17) is 0 Å². The van der Waals surface area contributed by atoms with Crippen molar-refractivity contribution in [1.82, 2.24) is 9.21 Å². The summed E-state index contributed by atoms with van der Waals surface area (Å²) in [4.78, 5) is 26.3. The lowest BCUT2D eigenvalue weighted by Gasteiger charge is -2.35. The smallest absolute Gasteiger partial charge is 0.341 e. The van der Waals surface area contributed by atoms with Gasteiger partial charge in [-0.1, -0.05) is 0 Å². The number of amides is 3. The summed E-state index contributed by atoms with van der Waals surface area (Å²) in [6.07, 6.45) is -4.69. The maximum absolute atomic E-state index is 13.5. The second-order valence-corrected chi connectivity index (χ2v) is 11.0. The molecule has 2 saturated heterocycles. The van der Waals surface area contributed by atoms with Gasteiger partial charge in [0.2, 0.25) is 15.9 Å². The van der Waals surface area contributed by atoms with Gasteiger partial charge in [0.15, 0.2) is 0 Å². The van der Waals surface area contributed by atoms with Crippen molar-refractivity contribution in [2.45, 2.75) is 48.7 Å². The van der Waals surface area contributed by atoms with E-state index in [1.165, 1.54) is 29.2 Å². The van der Waals surface area contributed by atoms with E-state index in [1.54, 1.807) is 0 Å². The normalized spacial score (nSPS) is 20.2. The van der Waals surface area contributed by atoms with Gasteiger partial charge in [-0.25, -0.2) is 22.0 Å². The molecule has 2 aliphatic rings. The van der Waals surface area contributed by atoms with E-state index in [-0.39, 0.29) is 42.3 Å². The van der Waals surface area contributed by atoms with Gasteiger partial charge in [0.1, 0.15) is 6.04 Å². The van der Waals surface area contributed by atoms with Crippen LogP contribution in [0.15, 0.2) is 53.4 Å². The van der Waals surface area contributed by atoms with Crippen molar-refractivity contribution in [3.8, 4) is 0 Å². The van der Waals surface area contributed by atoms with Crippen LogP contribution in [0.5, 0.6) is 0 Å². The van der Waals surface area contributed by atoms with Crippen molar-refractivity contribution >= 4 is 33.3 Å². The van der Waals surface area contributed by atoms with Crippen LogP contribution < -0.4 is 10.6 Å². The van der Waals surface area contributed by atoms with E-state index in [2.05, 4.69) is 10.6 Å². The molecule has 0 spiro atoms. The minimum Gasteiger partial charge on any atom is -0.341 e. The molecule has 206 valence electrons. The Labute approximate surface area is 215 Å². The number of piperidine rings is 1. The second kappa shape index (κ2) is 10.5. The molecular weight excluding hydrogens is 535 g/mol. The third-order valence-corrected chi connectivity index (χ3v) is 8.41. The first kappa shape index (κ1) is 27.8. The predicted molar refractivity (Wildman–Crippen MR) is 128 cm³/mol. The zero-order chi connectivity index (χ0) is 27.7. The number of halogens is 5. The van der Waals surface area contributed by atoms with Crippen LogP contribution in [0.2, 0.25) is 0 Å². The molecule has 0 saturated carbocycles. The number of rotatable bonds is 5. The van der Waals surface area contributed by atoms with Crippen LogP contribution in [0.3, 0.4) is 0 Å². The SMILES string of the molecule is O=C(Nc1ccc(C(F)(F)F)cc1)Nc1ccc(S(=O)(=O)N2CCC[C@H]2C(=O)N2CCC(F)(F)CC2)cc1. The van der Waals surface area contributed by atoms with Gasteiger partial charge in [-0.05, 0) is 61.4 Å². The average molecular weight is 561 g/mol. The van der Waals surface area contributed by atoms with E-state index in [1.807, 2.05) is 0 Å². The Morgan fingerprint density at radius 2 is 1.39 bits per heavy atom. The molecule has 2 N–H and O–H groups in total. The van der Waals surface area contributed by atoms with Crippen molar-refractivity contribution in [3.63, 3.8) is 0 Å². The zero-order valence-electron chi connectivity index (χ0n) is 20.0. The van der Waals surface area contributed by atoms with Gasteiger partial charge in [-0.3, -0.25) is 4.79 Å². The Hall–Kier alpha value is -3.26. The quantitative estimate of drug-likeness (QED) is 0.516. The van der Waals surface area contributed by atoms with Gasteiger partial charge >= 0.3 is 12.2 Å². The monoisotopic (exact) mass is 560 g/mol. The number of hydrogen-bond donors (Lipinski definition) is 2. The molecule has 14 heteroatoms. The molecule has 4 rings (SSSR count). The summed E-state index contributed by atoms with van der Waals surface area (Å²) in [5.74, 6) is -3.32. The standard InChI is InChI=1S/C24H25F5N4O4S/c25-23(26)11-14-32(15-12-23)21(34)20-2-1-13-33(20)38(36,37)19-9-7-18(8-10-19)31-22(35)30-17-5-3-16(4-6-17)24(27,28)29/h3-10,20H,1-2,11-15H2,(H2,30,31,35)/t20-/m0/s1. The number of nitrogens with zero attached hydrogens (tertiary/aromatic N) is 2. The number of sulfonamides is 1. The Kier molecular flexibility index (Phi) is 7.66. The highest BCUT2D eigenvalue weighted by atomic mass is 32.2. The molecule has 0 unspecified atom stereocenters. The lowest BCUT2D eigenvalue weighted by atomic mass is 10.1. The van der Waals surface area contributed by atoms with Crippen molar-refractivity contribution < 1.29 is 40.0 Å². The van der Waals surface area contributed by atoms with Crippen LogP contribution in [-0.2, 0) is 21.0 Å². The summed E-state index contributed by atoms with van der Waals surface area (Å²) in [7, 11) is -4.09. The highest BCUT2D eigenvalue weighted by Crippen LogP contribution is 2.32. The van der Waals surface area contributed by atoms with Gasteiger partial charge < -0.3 is 15.5 Å². The molecule has 1 atom stereocenters. The first-order valence-corrected chi connectivity index (χ1v) is 13.2. The summed E-state index contributed by atoms with van der Waals surface area (Å²) in [5.41, 5.74) is -0.520. The largest absolute Gasteiger partial charge is 0.416 e. The van der Waals surface area contributed by atoms with Gasteiger partial charge in [-0.15, -0.1) is 0 Å². The van der Waals surface area contributed by atoms with E-state index >= 15 is 0 Å². The summed E-state index contributed by atoms with van der Waals surface area (Å²) in [6, 6.07) is 7.30. The first-order chi connectivity index (χ1) is 17.8. The van der Waals surface area contributed by atoms with E-state index in [0.29, 0.717) is 6.42 Å².